The van der Waals surface area contributed by atoms with Crippen LogP contribution in [-0.4, -0.2) is 49.4 Å². The number of carbonyl (C=O) groups excluding carboxylic acids is 5. The highest BCUT2D eigenvalue weighted by Gasteiger charge is 2.28. The number of rotatable bonds is 8. The van der Waals surface area contributed by atoms with Gasteiger partial charge in [-0.3, -0.25) is 0 Å². The Morgan fingerprint density at radius 2 is 0.981 bits per heavy atom. The average molecular weight is 1750 g/mol. The normalized spacial score (nSPS) is 10.6. The van der Waals surface area contributed by atoms with E-state index in [9.17, 15) is 4.79 Å². The van der Waals surface area contributed by atoms with E-state index in [1.54, 1.807) is 23.5 Å². The lowest BCUT2D eigenvalue weighted by atomic mass is 9.96. The predicted molar refractivity (Wildman–Crippen MR) is 451 cm³/mol. The molecule has 1 aliphatic rings. The molecule has 108 heavy (non-hydrogen) atoms. The van der Waals surface area contributed by atoms with Crippen LogP contribution in [0.3, 0.4) is 0 Å². The van der Waals surface area contributed by atoms with E-state index in [1.165, 1.54) is 104 Å². The van der Waals surface area contributed by atoms with Crippen LogP contribution >= 0.6 is 87.5 Å². The van der Waals surface area contributed by atoms with Gasteiger partial charge in [0.15, 0.2) is 0 Å². The monoisotopic (exact) mass is 1750 g/mol. The van der Waals surface area contributed by atoms with Crippen molar-refractivity contribution >= 4 is 193 Å². The van der Waals surface area contributed by atoms with Crippen LogP contribution in [0.2, 0.25) is 5.02 Å². The van der Waals surface area contributed by atoms with E-state index >= 15 is 0 Å². The first kappa shape index (κ1) is 80.9. The van der Waals surface area contributed by atoms with Gasteiger partial charge >= 0.3 is 18.3 Å². The minimum Gasteiger partial charge on any atom is -1.00 e. The molecule has 17 rings (SSSR count). The summed E-state index contributed by atoms with van der Waals surface area (Å²) in [5.74, 6) is -0.306. The molecule has 0 saturated carbocycles. The Morgan fingerprint density at radius 1 is 0.509 bits per heavy atom. The van der Waals surface area contributed by atoms with E-state index in [0.717, 1.165) is 62.2 Å². The van der Waals surface area contributed by atoms with Gasteiger partial charge in [0.2, 0.25) is 11.0 Å². The van der Waals surface area contributed by atoms with Crippen LogP contribution in [0.15, 0.2) is 337 Å². The standard InChI is InChI=1S/C26H24NP.C22H16NO2S.C20H14BrNS.C13H7BrClN.C7H8S.2CO2.HI/c1-27(2)25-19-11-9-17-23(25)24-18-10-12-20-26(24)28(21-13-5-3-6-14-21)22-15-7-4-8-16-22;1-23-17-8-4-3-6-15(17)21-20-14(7-5-9-18(20)23)16-12-13(22(24)25-2)10-11-19(16)26-21;1-13-9-11-14(12-10-13)23-20-15-5-2-3-7-17(15)22-18-8-4-6-16(21)19(18)20;14-9-5-3-7-11-12(9)13(15)8-4-1-2-6-10(8)16-11;1-6-2-4-7(8)5-3-6;2*2-1-3;/h3-20H,1-2H3;3-12H,1-2H3;2-12H,1H3;1-7H;2-5,8H,1H3;;;1H/q;+1;;;;;;/p-1. The third-order valence-corrected chi connectivity index (χ3v) is 24.2. The van der Waals surface area contributed by atoms with Crippen molar-refractivity contribution < 1.29 is 57.3 Å². The van der Waals surface area contributed by atoms with Crippen molar-refractivity contribution in [3.8, 4) is 22.3 Å². The van der Waals surface area contributed by atoms with Gasteiger partial charge in [-0.15, -0.1) is 12.6 Å². The fourth-order valence-electron chi connectivity index (χ4n) is 12.4. The summed E-state index contributed by atoms with van der Waals surface area (Å²) < 4.78 is 9.21. The molecule has 0 aliphatic carbocycles. The molecule has 0 amide bonds. The van der Waals surface area contributed by atoms with Crippen molar-refractivity contribution in [2.24, 2.45) is 7.05 Å². The Bertz CT molecular complexity index is 5870. The molecule has 1 aliphatic heterocycles. The maximum absolute atomic E-state index is 12.0. The zero-order valence-electron chi connectivity index (χ0n) is 59.3. The fourth-order valence-corrected chi connectivity index (χ4v) is 19.1. The highest BCUT2D eigenvalue weighted by Crippen LogP contribution is 2.50. The second kappa shape index (κ2) is 38.9. The number of pyridine rings is 3. The van der Waals surface area contributed by atoms with Crippen LogP contribution in [-0.2, 0) is 31.0 Å². The maximum atomic E-state index is 12.0. The number of methoxy groups -OCH3 is 1. The Kier molecular flexibility index (Phi) is 29.2. The molecule has 18 heteroatoms. The summed E-state index contributed by atoms with van der Waals surface area (Å²) in [6, 6.07) is 105. The van der Waals surface area contributed by atoms with Gasteiger partial charge in [0, 0.05) is 92.4 Å². The van der Waals surface area contributed by atoms with Crippen molar-refractivity contribution in [2.75, 3.05) is 26.1 Å². The molecular weight excluding hydrogens is 1680 g/mol. The van der Waals surface area contributed by atoms with Gasteiger partial charge in [0.05, 0.1) is 50.5 Å². The topological polar surface area (TPSA) is 127 Å². The second-order valence-electron chi connectivity index (χ2n) is 24.4. The quantitative estimate of drug-likeness (QED) is 0.0390. The number of hydrogen-bond donors (Lipinski definition) is 1. The molecule has 0 spiro atoms. The first-order valence-electron chi connectivity index (χ1n) is 33.6. The number of carbonyl (C=O) groups is 1. The fraction of sp³-hybridized carbons (Fsp3) is 0.0667. The van der Waals surface area contributed by atoms with E-state index in [-0.39, 0.29) is 42.2 Å². The molecule has 3 aromatic heterocycles. The minimum absolute atomic E-state index is 0. The minimum atomic E-state index is -0.641. The average Bonchev–Trinajstić information content (AvgIpc) is 0.723. The van der Waals surface area contributed by atoms with Gasteiger partial charge in [0.25, 0.3) is 0 Å². The first-order chi connectivity index (χ1) is 52.0. The van der Waals surface area contributed by atoms with Crippen LogP contribution in [0, 0.1) is 13.8 Å². The number of ether oxygens (including phenoxy) is 1. The zero-order valence-corrected chi connectivity index (χ0v) is 68.8. The molecule has 0 bridgehead atoms. The predicted octanol–water partition coefficient (Wildman–Crippen LogP) is 19.4. The number of aryl methyl sites for hydroxylation is 3. The summed E-state index contributed by atoms with van der Waals surface area (Å²) in [6.45, 7) is 4.18. The van der Waals surface area contributed by atoms with Gasteiger partial charge in [-0.25, -0.2) is 14.8 Å². The van der Waals surface area contributed by atoms with Gasteiger partial charge < -0.3 is 33.6 Å². The first-order valence-corrected chi connectivity index (χ1v) is 39.0. The zero-order chi connectivity index (χ0) is 75.5. The molecule has 536 valence electrons. The lowest BCUT2D eigenvalue weighted by Crippen LogP contribution is -3.00. The summed E-state index contributed by atoms with van der Waals surface area (Å²) in [5, 5.41) is 11.7. The van der Waals surface area contributed by atoms with Gasteiger partial charge in [-0.2, -0.15) is 23.7 Å². The number of aromatic nitrogens is 3. The number of benzene rings is 13. The Labute approximate surface area is 681 Å². The Morgan fingerprint density at radius 3 is 1.58 bits per heavy atom. The van der Waals surface area contributed by atoms with Crippen molar-refractivity contribution in [3.63, 3.8) is 0 Å². The van der Waals surface area contributed by atoms with E-state index in [1.807, 2.05) is 97.1 Å². The molecule has 0 atom stereocenters. The van der Waals surface area contributed by atoms with Crippen molar-refractivity contribution in [1.82, 2.24) is 9.97 Å². The van der Waals surface area contributed by atoms with Crippen LogP contribution in [0.1, 0.15) is 21.5 Å². The molecular formula is C90H69Br2ClIN4O6PS3. The Hall–Kier alpha value is -9.64. The van der Waals surface area contributed by atoms with E-state index in [0.29, 0.717) is 5.56 Å². The summed E-state index contributed by atoms with van der Waals surface area (Å²) in [6.07, 6.45) is 0.500. The van der Waals surface area contributed by atoms with Gasteiger partial charge in [0.1, 0.15) is 7.05 Å². The smallest absolute Gasteiger partial charge is 0.373 e. The number of thiol groups is 1. The van der Waals surface area contributed by atoms with E-state index in [2.05, 4.69) is 300 Å². The maximum Gasteiger partial charge on any atom is 0.373 e. The molecule has 0 saturated heterocycles. The van der Waals surface area contributed by atoms with E-state index in [4.69, 9.17) is 40.5 Å². The SMILES string of the molecule is CN(C)c1ccccc1-c1ccccc1P(c1ccccc1)c1ccccc1.COC(=O)c1ccc2c(c1)-c1cccc3c1c(c1ccccc1[n+]3C)S2.Cc1ccc(S)cc1.Cc1ccc(Sc2c3ccccc3nc3cccc(Br)c23)cc1.Clc1c2ccccc2nc2cccc(Br)c12.O=C=O.O=C=O.[I-]. The summed E-state index contributed by atoms with van der Waals surface area (Å²) >= 11 is 21.3. The molecule has 16 aromatic rings. The van der Waals surface area contributed by atoms with E-state index < -0.39 is 7.92 Å². The molecule has 0 N–H and O–H groups in total. The third kappa shape index (κ3) is 19.1. The van der Waals surface area contributed by atoms with Crippen molar-refractivity contribution in [2.45, 2.75) is 38.3 Å². The molecule has 10 nitrogen and oxygen atoms in total. The number of para-hydroxylation sites is 4. The number of fused-ring (bicyclic) bond motifs is 8. The second-order valence-corrected chi connectivity index (χ2v) is 31.4. The van der Waals surface area contributed by atoms with Gasteiger partial charge in [-0.05, 0) is 145 Å². The lowest BCUT2D eigenvalue weighted by Gasteiger charge is -2.24. The van der Waals surface area contributed by atoms with Crippen LogP contribution in [0.5, 0.6) is 0 Å². The van der Waals surface area contributed by atoms with Crippen LogP contribution in [0.4, 0.5) is 5.69 Å². The molecule has 13 aromatic carbocycles. The lowest BCUT2D eigenvalue weighted by molar-refractivity contribution is -0.617. The third-order valence-electron chi connectivity index (χ3n) is 17.4. The number of halogens is 4. The van der Waals surface area contributed by atoms with Crippen LogP contribution < -0.4 is 49.4 Å². The van der Waals surface area contributed by atoms with Gasteiger partial charge in [-0.1, -0.05) is 278 Å². The number of hydrogen-bond acceptors (Lipinski definition) is 12. The molecule has 0 radical (unpaired) electrons. The molecule has 0 unspecified atom stereocenters. The summed E-state index contributed by atoms with van der Waals surface area (Å²) in [4.78, 5) is 62.0. The summed E-state index contributed by atoms with van der Waals surface area (Å²) in [7, 11) is 7.10. The Balaban J connectivity index is 0.000000146. The van der Waals surface area contributed by atoms with Crippen molar-refractivity contribution in [1.29, 1.82) is 0 Å². The van der Waals surface area contributed by atoms with Crippen LogP contribution in [0.25, 0.3) is 87.7 Å². The largest absolute Gasteiger partial charge is 1.00 e. The number of anilines is 1. The molecule has 0 fully saturated rings. The summed E-state index contributed by atoms with van der Waals surface area (Å²) in [5.41, 5.74) is 15.5. The highest BCUT2D eigenvalue weighted by molar-refractivity contribution is 9.11. The number of esters is 1. The highest BCUT2D eigenvalue weighted by atomic mass is 127. The molecule has 4 heterocycles. The van der Waals surface area contributed by atoms with Crippen molar-refractivity contribution in [3.05, 3.63) is 334 Å². The number of nitrogens with zero attached hydrogens (tertiary/aromatic N) is 4.